The first kappa shape index (κ1) is 11.5. The van der Waals surface area contributed by atoms with E-state index in [0.717, 1.165) is 16.6 Å². The molecule has 0 unspecified atom stereocenters. The zero-order valence-electron chi connectivity index (χ0n) is 10.7. The SMILES string of the molecule is Cn1ncc(C(=O)O)c1-c1cc2ccccc2n1C. The molecule has 0 saturated heterocycles. The Morgan fingerprint density at radius 3 is 2.68 bits per heavy atom. The van der Waals surface area contributed by atoms with Gasteiger partial charge in [0.1, 0.15) is 5.56 Å². The lowest BCUT2D eigenvalue weighted by Gasteiger charge is -2.06. The van der Waals surface area contributed by atoms with Crippen LogP contribution in [0, 0.1) is 0 Å². The Balaban J connectivity index is 2.33. The molecule has 0 atom stereocenters. The van der Waals surface area contributed by atoms with E-state index in [1.807, 2.05) is 41.9 Å². The van der Waals surface area contributed by atoms with E-state index in [2.05, 4.69) is 5.10 Å². The Morgan fingerprint density at radius 1 is 1.26 bits per heavy atom. The molecule has 0 aliphatic heterocycles. The third-order valence-electron chi connectivity index (χ3n) is 3.36. The number of hydrogen-bond acceptors (Lipinski definition) is 2. The van der Waals surface area contributed by atoms with Crippen molar-refractivity contribution in [1.29, 1.82) is 0 Å². The number of aromatic carboxylic acids is 1. The Morgan fingerprint density at radius 2 is 2.00 bits per heavy atom. The minimum Gasteiger partial charge on any atom is -0.478 e. The lowest BCUT2D eigenvalue weighted by atomic mass is 10.2. The lowest BCUT2D eigenvalue weighted by molar-refractivity contribution is 0.0697. The molecule has 0 radical (unpaired) electrons. The first-order chi connectivity index (χ1) is 9.09. The maximum atomic E-state index is 11.3. The zero-order valence-corrected chi connectivity index (χ0v) is 10.7. The van der Waals surface area contributed by atoms with Crippen molar-refractivity contribution in [3.05, 3.63) is 42.1 Å². The maximum Gasteiger partial charge on any atom is 0.339 e. The summed E-state index contributed by atoms with van der Waals surface area (Å²) >= 11 is 0. The second-order valence-corrected chi connectivity index (χ2v) is 4.48. The number of carbonyl (C=O) groups is 1. The summed E-state index contributed by atoms with van der Waals surface area (Å²) in [5.41, 5.74) is 2.74. The number of aromatic nitrogens is 3. The first-order valence-electron chi connectivity index (χ1n) is 5.89. The summed E-state index contributed by atoms with van der Waals surface area (Å²) in [5, 5.41) is 14.4. The van der Waals surface area contributed by atoms with E-state index < -0.39 is 5.97 Å². The maximum absolute atomic E-state index is 11.3. The predicted octanol–water partition coefficient (Wildman–Crippen LogP) is 2.28. The van der Waals surface area contributed by atoms with Gasteiger partial charge in [-0.15, -0.1) is 0 Å². The zero-order chi connectivity index (χ0) is 13.6. The van der Waals surface area contributed by atoms with Gasteiger partial charge in [-0.05, 0) is 12.1 Å². The van der Waals surface area contributed by atoms with Crippen LogP contribution in [0.5, 0.6) is 0 Å². The molecular weight excluding hydrogens is 242 g/mol. The van der Waals surface area contributed by atoms with Crippen LogP contribution in [0.15, 0.2) is 36.5 Å². The second kappa shape index (κ2) is 3.98. The van der Waals surface area contributed by atoms with E-state index in [9.17, 15) is 9.90 Å². The standard InChI is InChI=1S/C14H13N3O2/c1-16-11-6-4-3-5-9(11)7-12(16)13-10(14(18)19)8-15-17(13)2/h3-8H,1-2H3,(H,18,19). The van der Waals surface area contributed by atoms with Crippen molar-refractivity contribution in [3.63, 3.8) is 0 Å². The molecule has 5 nitrogen and oxygen atoms in total. The summed E-state index contributed by atoms with van der Waals surface area (Å²) in [5.74, 6) is -0.964. The molecule has 2 heterocycles. The van der Waals surface area contributed by atoms with Crippen LogP contribution >= 0.6 is 0 Å². The summed E-state index contributed by atoms with van der Waals surface area (Å²) in [6.45, 7) is 0. The third-order valence-corrected chi connectivity index (χ3v) is 3.36. The molecule has 0 amide bonds. The molecular formula is C14H13N3O2. The molecule has 1 aromatic carbocycles. The highest BCUT2D eigenvalue weighted by atomic mass is 16.4. The highest BCUT2D eigenvalue weighted by Gasteiger charge is 2.19. The molecule has 0 fully saturated rings. The van der Waals surface area contributed by atoms with Crippen molar-refractivity contribution >= 4 is 16.9 Å². The Hall–Kier alpha value is -2.56. The van der Waals surface area contributed by atoms with Crippen LogP contribution in [-0.2, 0) is 14.1 Å². The second-order valence-electron chi connectivity index (χ2n) is 4.48. The van der Waals surface area contributed by atoms with Crippen LogP contribution in [0.25, 0.3) is 22.3 Å². The van der Waals surface area contributed by atoms with Crippen LogP contribution in [-0.4, -0.2) is 25.4 Å². The van der Waals surface area contributed by atoms with E-state index in [1.165, 1.54) is 6.20 Å². The normalized spacial score (nSPS) is 11.1. The number of fused-ring (bicyclic) bond motifs is 1. The lowest BCUT2D eigenvalue weighted by Crippen LogP contribution is -2.03. The summed E-state index contributed by atoms with van der Waals surface area (Å²) in [6, 6.07) is 9.94. The van der Waals surface area contributed by atoms with Crippen LogP contribution in [0.1, 0.15) is 10.4 Å². The quantitative estimate of drug-likeness (QED) is 0.764. The Labute approximate surface area is 109 Å². The minimum atomic E-state index is -0.964. The number of hydrogen-bond donors (Lipinski definition) is 1. The van der Waals surface area contributed by atoms with Crippen LogP contribution in [0.2, 0.25) is 0 Å². The highest BCUT2D eigenvalue weighted by Crippen LogP contribution is 2.29. The molecule has 5 heteroatoms. The molecule has 96 valence electrons. The Bertz CT molecular complexity index is 783. The van der Waals surface area contributed by atoms with E-state index in [-0.39, 0.29) is 5.56 Å². The van der Waals surface area contributed by atoms with Gasteiger partial charge in [-0.2, -0.15) is 5.10 Å². The van der Waals surface area contributed by atoms with E-state index in [4.69, 9.17) is 0 Å². The molecule has 0 aliphatic rings. The van der Waals surface area contributed by atoms with Crippen LogP contribution < -0.4 is 0 Å². The molecule has 2 aromatic heterocycles. The van der Waals surface area contributed by atoms with Crippen molar-refractivity contribution in [2.45, 2.75) is 0 Å². The minimum absolute atomic E-state index is 0.216. The number of rotatable bonds is 2. The summed E-state index contributed by atoms with van der Waals surface area (Å²) in [7, 11) is 3.68. The van der Waals surface area contributed by atoms with Gasteiger partial charge in [0.2, 0.25) is 0 Å². The smallest absolute Gasteiger partial charge is 0.339 e. The van der Waals surface area contributed by atoms with Gasteiger partial charge >= 0.3 is 5.97 Å². The number of carboxylic acids is 1. The number of para-hydroxylation sites is 1. The molecule has 0 spiro atoms. The van der Waals surface area contributed by atoms with E-state index in [0.29, 0.717) is 5.69 Å². The van der Waals surface area contributed by atoms with Crippen molar-refractivity contribution in [1.82, 2.24) is 14.3 Å². The largest absolute Gasteiger partial charge is 0.478 e. The van der Waals surface area contributed by atoms with Gasteiger partial charge in [-0.3, -0.25) is 4.68 Å². The van der Waals surface area contributed by atoms with Gasteiger partial charge in [0.05, 0.1) is 17.6 Å². The van der Waals surface area contributed by atoms with Gasteiger partial charge in [0.15, 0.2) is 0 Å². The van der Waals surface area contributed by atoms with Gasteiger partial charge in [0.25, 0.3) is 0 Å². The molecule has 19 heavy (non-hydrogen) atoms. The number of benzene rings is 1. The first-order valence-corrected chi connectivity index (χ1v) is 5.89. The van der Waals surface area contributed by atoms with Crippen LogP contribution in [0.4, 0.5) is 0 Å². The third kappa shape index (κ3) is 1.62. The molecule has 0 bridgehead atoms. The molecule has 3 aromatic rings. The fourth-order valence-corrected chi connectivity index (χ4v) is 2.41. The molecule has 0 aliphatic carbocycles. The van der Waals surface area contributed by atoms with Gasteiger partial charge < -0.3 is 9.67 Å². The number of aryl methyl sites for hydroxylation is 2. The predicted molar refractivity (Wildman–Crippen MR) is 72.1 cm³/mol. The average Bonchev–Trinajstić information content (AvgIpc) is 2.91. The highest BCUT2D eigenvalue weighted by molar-refractivity contribution is 5.96. The fourth-order valence-electron chi connectivity index (χ4n) is 2.41. The number of carboxylic acid groups (broad SMARTS) is 1. The molecule has 3 rings (SSSR count). The topological polar surface area (TPSA) is 60.1 Å². The van der Waals surface area contributed by atoms with E-state index >= 15 is 0 Å². The average molecular weight is 255 g/mol. The summed E-state index contributed by atoms with van der Waals surface area (Å²) in [6.07, 6.45) is 1.38. The van der Waals surface area contributed by atoms with Crippen LogP contribution in [0.3, 0.4) is 0 Å². The molecule has 1 N–H and O–H groups in total. The van der Waals surface area contributed by atoms with E-state index in [1.54, 1.807) is 11.7 Å². The summed E-state index contributed by atoms with van der Waals surface area (Å²) in [4.78, 5) is 11.3. The fraction of sp³-hybridized carbons (Fsp3) is 0.143. The molecule has 0 saturated carbocycles. The monoisotopic (exact) mass is 255 g/mol. The van der Waals surface area contributed by atoms with Crippen molar-refractivity contribution < 1.29 is 9.90 Å². The van der Waals surface area contributed by atoms with Gasteiger partial charge in [0, 0.05) is 25.0 Å². The summed E-state index contributed by atoms with van der Waals surface area (Å²) < 4.78 is 3.58. The number of nitrogens with zero attached hydrogens (tertiary/aromatic N) is 3. The van der Waals surface area contributed by atoms with Gasteiger partial charge in [-0.25, -0.2) is 4.79 Å². The van der Waals surface area contributed by atoms with Crippen molar-refractivity contribution in [3.8, 4) is 11.4 Å². The van der Waals surface area contributed by atoms with Crippen molar-refractivity contribution in [2.24, 2.45) is 14.1 Å². The van der Waals surface area contributed by atoms with Crippen molar-refractivity contribution in [2.75, 3.05) is 0 Å². The Kier molecular flexibility index (Phi) is 2.41. The van der Waals surface area contributed by atoms with Gasteiger partial charge in [-0.1, -0.05) is 18.2 Å².